The van der Waals surface area contributed by atoms with Gasteiger partial charge >= 0.3 is 0 Å². The summed E-state index contributed by atoms with van der Waals surface area (Å²) in [5.74, 6) is 1.28. The molecule has 0 unspecified atom stereocenters. The molecule has 1 rings (SSSR count). The largest absolute Gasteiger partial charge is 0.508 e. The first-order valence-corrected chi connectivity index (χ1v) is 5.83. The maximum Gasteiger partial charge on any atom is 0.219 e. The molecule has 2 N–H and O–H groups in total. The number of carbonyl (C=O) groups is 1. The minimum absolute atomic E-state index is 0.0845. The second-order valence-electron chi connectivity index (χ2n) is 3.12. The maximum atomic E-state index is 10.9. The number of rotatable bonds is 5. The zero-order chi connectivity index (χ0) is 11.1. The third kappa shape index (κ3) is 4.74. The van der Waals surface area contributed by atoms with Crippen molar-refractivity contribution >= 4 is 17.7 Å². The molecule has 0 heterocycles. The van der Waals surface area contributed by atoms with Gasteiger partial charge in [0.1, 0.15) is 5.75 Å². The van der Waals surface area contributed by atoms with Crippen LogP contribution in [0.4, 0.5) is 0 Å². The number of amides is 1. The summed E-state index contributed by atoms with van der Waals surface area (Å²) >= 11 is 1.69. The minimum Gasteiger partial charge on any atom is -0.508 e. The molecule has 0 saturated carbocycles. The summed E-state index contributed by atoms with van der Waals surface area (Å²) in [5.41, 5.74) is 0. The van der Waals surface area contributed by atoms with E-state index in [4.69, 9.17) is 5.11 Å². The number of thioether (sulfide) groups is 1. The quantitative estimate of drug-likeness (QED) is 0.595. The molecule has 1 amide bonds. The Kier molecular flexibility index (Phi) is 5.04. The van der Waals surface area contributed by atoms with Crippen LogP contribution in [0.15, 0.2) is 29.2 Å². The number of benzene rings is 1. The molecule has 0 saturated heterocycles. The highest BCUT2D eigenvalue weighted by Crippen LogP contribution is 2.21. The Balaban J connectivity index is 2.20. The number of phenolic OH excluding ortho intramolecular Hbond substituents is 1. The predicted molar refractivity (Wildman–Crippen MR) is 62.1 cm³/mol. The van der Waals surface area contributed by atoms with E-state index in [0.29, 0.717) is 6.42 Å². The van der Waals surface area contributed by atoms with Crippen molar-refractivity contribution in [2.45, 2.75) is 17.7 Å². The fourth-order valence-corrected chi connectivity index (χ4v) is 1.94. The van der Waals surface area contributed by atoms with E-state index < -0.39 is 0 Å². The highest BCUT2D eigenvalue weighted by molar-refractivity contribution is 7.99. The van der Waals surface area contributed by atoms with Gasteiger partial charge in [-0.1, -0.05) is 0 Å². The van der Waals surface area contributed by atoms with Gasteiger partial charge in [0.05, 0.1) is 0 Å². The smallest absolute Gasteiger partial charge is 0.219 e. The Labute approximate surface area is 93.9 Å². The van der Waals surface area contributed by atoms with Gasteiger partial charge in [0.15, 0.2) is 0 Å². The summed E-state index contributed by atoms with van der Waals surface area (Å²) in [5, 5.41) is 11.7. The van der Waals surface area contributed by atoms with Gasteiger partial charge < -0.3 is 10.4 Å². The van der Waals surface area contributed by atoms with Crippen LogP contribution in [0, 0.1) is 0 Å². The van der Waals surface area contributed by atoms with Crippen molar-refractivity contribution in [2.24, 2.45) is 0 Å². The summed E-state index contributed by atoms with van der Waals surface area (Å²) in [6.45, 7) is 0. The van der Waals surface area contributed by atoms with Crippen LogP contribution in [0.25, 0.3) is 0 Å². The number of phenols is 1. The molecule has 0 aliphatic carbocycles. The van der Waals surface area contributed by atoms with Crippen LogP contribution >= 0.6 is 11.8 Å². The van der Waals surface area contributed by atoms with Gasteiger partial charge in [-0.25, -0.2) is 0 Å². The number of nitrogens with one attached hydrogen (secondary N) is 1. The Bertz CT molecular complexity index is 311. The number of aromatic hydroxyl groups is 1. The monoisotopic (exact) mass is 225 g/mol. The molecule has 82 valence electrons. The van der Waals surface area contributed by atoms with Crippen LogP contribution in [0.5, 0.6) is 5.75 Å². The molecule has 0 spiro atoms. The molecule has 15 heavy (non-hydrogen) atoms. The minimum atomic E-state index is 0.0845. The Morgan fingerprint density at radius 2 is 2.07 bits per heavy atom. The van der Waals surface area contributed by atoms with Crippen LogP contribution in [0.2, 0.25) is 0 Å². The van der Waals surface area contributed by atoms with Crippen molar-refractivity contribution in [3.63, 3.8) is 0 Å². The van der Waals surface area contributed by atoms with Crippen molar-refractivity contribution in [2.75, 3.05) is 12.8 Å². The van der Waals surface area contributed by atoms with Crippen LogP contribution in [0.3, 0.4) is 0 Å². The molecule has 1 aromatic rings. The summed E-state index contributed by atoms with van der Waals surface area (Å²) in [7, 11) is 1.65. The molecular formula is C11H15NO2S. The zero-order valence-electron chi connectivity index (χ0n) is 8.69. The van der Waals surface area contributed by atoms with Crippen molar-refractivity contribution < 1.29 is 9.90 Å². The summed E-state index contributed by atoms with van der Waals surface area (Å²) < 4.78 is 0. The highest BCUT2D eigenvalue weighted by Gasteiger charge is 1.98. The van der Waals surface area contributed by atoms with E-state index >= 15 is 0 Å². The number of carbonyl (C=O) groups excluding carboxylic acids is 1. The van der Waals surface area contributed by atoms with Crippen LogP contribution in [-0.4, -0.2) is 23.8 Å². The summed E-state index contributed by atoms with van der Waals surface area (Å²) in [6.07, 6.45) is 1.44. The molecule has 0 fully saturated rings. The predicted octanol–water partition coefficient (Wildman–Crippen LogP) is 2.01. The molecule has 3 nitrogen and oxygen atoms in total. The lowest BCUT2D eigenvalue weighted by atomic mass is 10.3. The van der Waals surface area contributed by atoms with Gasteiger partial charge in [-0.2, -0.15) is 0 Å². The Hall–Kier alpha value is -1.16. The zero-order valence-corrected chi connectivity index (χ0v) is 9.51. The second-order valence-corrected chi connectivity index (χ2v) is 4.29. The lowest BCUT2D eigenvalue weighted by Gasteiger charge is -2.01. The number of hydrogen-bond donors (Lipinski definition) is 2. The molecule has 0 aromatic heterocycles. The van der Waals surface area contributed by atoms with Gasteiger partial charge in [-0.15, -0.1) is 11.8 Å². The second kappa shape index (κ2) is 6.35. The molecule has 0 radical (unpaired) electrons. The molecule has 0 aliphatic rings. The topological polar surface area (TPSA) is 49.3 Å². The van der Waals surface area contributed by atoms with Gasteiger partial charge in [-0.3, -0.25) is 4.79 Å². The lowest BCUT2D eigenvalue weighted by molar-refractivity contribution is -0.120. The molecule has 0 bridgehead atoms. The SMILES string of the molecule is CNC(=O)CCCSc1ccc(O)cc1. The molecular weight excluding hydrogens is 210 g/mol. The van der Waals surface area contributed by atoms with Gasteiger partial charge in [-0.05, 0) is 36.4 Å². The van der Waals surface area contributed by atoms with Gasteiger partial charge in [0.2, 0.25) is 5.91 Å². The van der Waals surface area contributed by atoms with Gasteiger partial charge in [0, 0.05) is 18.4 Å². The third-order valence-corrected chi connectivity index (χ3v) is 3.03. The third-order valence-electron chi connectivity index (χ3n) is 1.93. The van der Waals surface area contributed by atoms with Crippen LogP contribution in [-0.2, 0) is 4.79 Å². The highest BCUT2D eigenvalue weighted by atomic mass is 32.2. The van der Waals surface area contributed by atoms with Crippen molar-refractivity contribution in [3.05, 3.63) is 24.3 Å². The summed E-state index contributed by atoms with van der Waals surface area (Å²) in [4.78, 5) is 12.0. The average Bonchev–Trinajstić information content (AvgIpc) is 2.26. The van der Waals surface area contributed by atoms with E-state index in [1.807, 2.05) is 12.1 Å². The fourth-order valence-electron chi connectivity index (χ4n) is 1.09. The van der Waals surface area contributed by atoms with E-state index in [9.17, 15) is 4.79 Å². The lowest BCUT2D eigenvalue weighted by Crippen LogP contribution is -2.17. The Morgan fingerprint density at radius 1 is 1.40 bits per heavy atom. The van der Waals surface area contributed by atoms with E-state index in [0.717, 1.165) is 17.1 Å². The first-order chi connectivity index (χ1) is 7.22. The Morgan fingerprint density at radius 3 is 2.67 bits per heavy atom. The van der Waals surface area contributed by atoms with E-state index in [2.05, 4.69) is 5.32 Å². The number of hydrogen-bond acceptors (Lipinski definition) is 3. The molecule has 0 atom stereocenters. The maximum absolute atomic E-state index is 10.9. The van der Waals surface area contributed by atoms with Crippen LogP contribution in [0.1, 0.15) is 12.8 Å². The average molecular weight is 225 g/mol. The van der Waals surface area contributed by atoms with E-state index in [-0.39, 0.29) is 11.7 Å². The molecule has 1 aromatic carbocycles. The normalized spacial score (nSPS) is 9.93. The van der Waals surface area contributed by atoms with Crippen LogP contribution < -0.4 is 5.32 Å². The van der Waals surface area contributed by atoms with Crippen molar-refractivity contribution in [1.82, 2.24) is 5.32 Å². The van der Waals surface area contributed by atoms with Crippen molar-refractivity contribution in [3.8, 4) is 5.75 Å². The molecule has 0 aliphatic heterocycles. The van der Waals surface area contributed by atoms with Gasteiger partial charge in [0.25, 0.3) is 0 Å². The standard InChI is InChI=1S/C11H15NO2S/c1-12-11(14)3-2-8-15-10-6-4-9(13)5-7-10/h4-7,13H,2-3,8H2,1H3,(H,12,14). The van der Waals surface area contributed by atoms with Crippen molar-refractivity contribution in [1.29, 1.82) is 0 Å². The van der Waals surface area contributed by atoms with E-state index in [1.165, 1.54) is 0 Å². The molecule has 4 heteroatoms. The van der Waals surface area contributed by atoms with E-state index in [1.54, 1.807) is 30.9 Å². The first kappa shape index (κ1) is 11.9. The fraction of sp³-hybridized carbons (Fsp3) is 0.364. The first-order valence-electron chi connectivity index (χ1n) is 4.85. The summed E-state index contributed by atoms with van der Waals surface area (Å²) in [6, 6.07) is 7.09.